The minimum Gasteiger partial charge on any atom is -0.478 e. The molecule has 1 saturated heterocycles. The molecule has 1 atom stereocenters. The van der Waals surface area contributed by atoms with Crippen molar-refractivity contribution in [2.75, 3.05) is 31.6 Å². The molecule has 1 N–H and O–H groups in total. The van der Waals surface area contributed by atoms with E-state index in [9.17, 15) is 9.59 Å². The predicted molar refractivity (Wildman–Crippen MR) is 103 cm³/mol. The Labute approximate surface area is 159 Å². The summed E-state index contributed by atoms with van der Waals surface area (Å²) in [7, 11) is 1.38. The number of benzene rings is 2. The maximum atomic E-state index is 11.6. The van der Waals surface area contributed by atoms with Crippen LogP contribution in [0.1, 0.15) is 33.2 Å². The standard InChI is InChI=1S/C21H24N2O4/c1-15-13-23(19-9-7-18(8-10-19)21(26)27-2)12-11-22(15)14-16-3-5-17(6-4-16)20(24)25/h3-10,15H,11-14H2,1-2H3,(H,24,25). The predicted octanol–water partition coefficient (Wildman–Crippen LogP) is 2.88. The fourth-order valence-electron chi connectivity index (χ4n) is 3.38. The van der Waals surface area contributed by atoms with Crippen LogP contribution in [-0.2, 0) is 11.3 Å². The molecule has 1 unspecified atom stereocenters. The Morgan fingerprint density at radius 1 is 1.04 bits per heavy atom. The Morgan fingerprint density at radius 2 is 1.67 bits per heavy atom. The van der Waals surface area contributed by atoms with Gasteiger partial charge in [-0.15, -0.1) is 0 Å². The van der Waals surface area contributed by atoms with Crippen LogP contribution in [0, 0.1) is 0 Å². The molecule has 0 saturated carbocycles. The van der Waals surface area contributed by atoms with Gasteiger partial charge in [-0.05, 0) is 48.9 Å². The fourth-order valence-corrected chi connectivity index (χ4v) is 3.38. The molecule has 1 fully saturated rings. The summed E-state index contributed by atoms with van der Waals surface area (Å²) in [5.74, 6) is -1.23. The number of carboxylic acid groups (broad SMARTS) is 1. The Kier molecular flexibility index (Phi) is 5.76. The number of rotatable bonds is 5. The lowest BCUT2D eigenvalue weighted by Crippen LogP contribution is -2.51. The molecular formula is C21H24N2O4. The fraction of sp³-hybridized carbons (Fsp3) is 0.333. The van der Waals surface area contributed by atoms with Crippen LogP contribution in [0.5, 0.6) is 0 Å². The van der Waals surface area contributed by atoms with Gasteiger partial charge in [0.15, 0.2) is 0 Å². The van der Waals surface area contributed by atoms with Crippen LogP contribution in [0.3, 0.4) is 0 Å². The number of anilines is 1. The van der Waals surface area contributed by atoms with Crippen LogP contribution in [0.4, 0.5) is 5.69 Å². The van der Waals surface area contributed by atoms with Crippen molar-refractivity contribution in [1.29, 1.82) is 0 Å². The Morgan fingerprint density at radius 3 is 2.22 bits per heavy atom. The summed E-state index contributed by atoms with van der Waals surface area (Å²) in [5, 5.41) is 9.00. The topological polar surface area (TPSA) is 70.1 Å². The monoisotopic (exact) mass is 368 g/mol. The van der Waals surface area contributed by atoms with E-state index < -0.39 is 5.97 Å². The van der Waals surface area contributed by atoms with E-state index in [2.05, 4.69) is 16.7 Å². The summed E-state index contributed by atoms with van der Waals surface area (Å²) >= 11 is 0. The molecule has 0 bridgehead atoms. The third-order valence-electron chi connectivity index (χ3n) is 5.01. The van der Waals surface area contributed by atoms with Crippen LogP contribution in [0.15, 0.2) is 48.5 Å². The van der Waals surface area contributed by atoms with Gasteiger partial charge in [0.2, 0.25) is 0 Å². The number of aromatic carboxylic acids is 1. The molecule has 0 spiro atoms. The van der Waals surface area contributed by atoms with Gasteiger partial charge in [0.1, 0.15) is 0 Å². The van der Waals surface area contributed by atoms with Gasteiger partial charge in [-0.2, -0.15) is 0 Å². The zero-order valence-corrected chi connectivity index (χ0v) is 15.6. The third kappa shape index (κ3) is 4.46. The molecule has 6 nitrogen and oxygen atoms in total. The first-order valence-electron chi connectivity index (χ1n) is 8.97. The van der Waals surface area contributed by atoms with Gasteiger partial charge in [-0.1, -0.05) is 12.1 Å². The van der Waals surface area contributed by atoms with Crippen LogP contribution in [-0.4, -0.2) is 54.7 Å². The number of carboxylic acids is 1. The van der Waals surface area contributed by atoms with Crippen LogP contribution >= 0.6 is 0 Å². The molecule has 27 heavy (non-hydrogen) atoms. The van der Waals surface area contributed by atoms with Crippen molar-refractivity contribution >= 4 is 17.6 Å². The van der Waals surface area contributed by atoms with E-state index >= 15 is 0 Å². The minimum absolute atomic E-state index is 0.312. The van der Waals surface area contributed by atoms with E-state index in [1.807, 2.05) is 24.3 Å². The minimum atomic E-state index is -0.901. The second-order valence-electron chi connectivity index (χ2n) is 6.81. The van der Waals surface area contributed by atoms with Crippen molar-refractivity contribution in [2.24, 2.45) is 0 Å². The maximum Gasteiger partial charge on any atom is 0.337 e. The quantitative estimate of drug-likeness (QED) is 0.819. The molecule has 1 aliphatic heterocycles. The summed E-state index contributed by atoms with van der Waals surface area (Å²) in [6.45, 7) is 5.71. The number of methoxy groups -OCH3 is 1. The highest BCUT2D eigenvalue weighted by Crippen LogP contribution is 2.21. The molecule has 142 valence electrons. The molecule has 0 amide bonds. The summed E-state index contributed by atoms with van der Waals surface area (Å²) in [6.07, 6.45) is 0. The van der Waals surface area contributed by atoms with Crippen molar-refractivity contribution in [3.05, 3.63) is 65.2 Å². The third-order valence-corrected chi connectivity index (χ3v) is 5.01. The second kappa shape index (κ2) is 8.22. The molecule has 0 aromatic heterocycles. The number of hydrogen-bond acceptors (Lipinski definition) is 5. The first-order chi connectivity index (χ1) is 13.0. The Bertz CT molecular complexity index is 802. The summed E-state index contributed by atoms with van der Waals surface area (Å²) in [5.41, 5.74) is 3.08. The molecular weight excluding hydrogens is 344 g/mol. The van der Waals surface area contributed by atoms with Crippen LogP contribution in [0.25, 0.3) is 0 Å². The van der Waals surface area contributed by atoms with Crippen molar-refractivity contribution in [1.82, 2.24) is 4.90 Å². The SMILES string of the molecule is COC(=O)c1ccc(N2CCN(Cc3ccc(C(=O)O)cc3)C(C)C2)cc1. The van der Waals surface area contributed by atoms with Gasteiger partial charge >= 0.3 is 11.9 Å². The largest absolute Gasteiger partial charge is 0.478 e. The average Bonchev–Trinajstić information content (AvgIpc) is 2.69. The van der Waals surface area contributed by atoms with E-state index in [-0.39, 0.29) is 5.97 Å². The van der Waals surface area contributed by atoms with Gasteiger partial charge in [0, 0.05) is 37.9 Å². The molecule has 0 aliphatic carbocycles. The van der Waals surface area contributed by atoms with Crippen molar-refractivity contribution in [3.8, 4) is 0 Å². The molecule has 2 aromatic rings. The molecule has 1 aliphatic rings. The van der Waals surface area contributed by atoms with E-state index in [0.717, 1.165) is 37.4 Å². The average molecular weight is 368 g/mol. The van der Waals surface area contributed by atoms with Gasteiger partial charge in [-0.25, -0.2) is 9.59 Å². The zero-order valence-electron chi connectivity index (χ0n) is 15.6. The summed E-state index contributed by atoms with van der Waals surface area (Å²) < 4.78 is 4.74. The number of nitrogens with zero attached hydrogens (tertiary/aromatic N) is 2. The zero-order chi connectivity index (χ0) is 19.4. The van der Waals surface area contributed by atoms with Crippen molar-refractivity contribution in [3.63, 3.8) is 0 Å². The second-order valence-corrected chi connectivity index (χ2v) is 6.81. The molecule has 6 heteroatoms. The first-order valence-corrected chi connectivity index (χ1v) is 8.97. The molecule has 2 aromatic carbocycles. The lowest BCUT2D eigenvalue weighted by atomic mass is 10.1. The van der Waals surface area contributed by atoms with Crippen LogP contribution < -0.4 is 4.90 Å². The number of ether oxygens (including phenoxy) is 1. The van der Waals surface area contributed by atoms with E-state index in [1.165, 1.54) is 7.11 Å². The maximum absolute atomic E-state index is 11.6. The highest BCUT2D eigenvalue weighted by Gasteiger charge is 2.24. The number of carbonyl (C=O) groups excluding carboxylic acids is 1. The summed E-state index contributed by atoms with van der Waals surface area (Å²) in [6, 6.07) is 14.9. The number of carbonyl (C=O) groups is 2. The first kappa shape index (κ1) is 18.9. The summed E-state index contributed by atoms with van der Waals surface area (Å²) in [4.78, 5) is 27.2. The number of piperazine rings is 1. The van der Waals surface area contributed by atoms with Gasteiger partial charge in [0.25, 0.3) is 0 Å². The smallest absolute Gasteiger partial charge is 0.337 e. The van der Waals surface area contributed by atoms with Crippen LogP contribution in [0.2, 0.25) is 0 Å². The van der Waals surface area contributed by atoms with Gasteiger partial charge < -0.3 is 14.7 Å². The van der Waals surface area contributed by atoms with Crippen molar-refractivity contribution in [2.45, 2.75) is 19.5 Å². The Balaban J connectivity index is 1.60. The van der Waals surface area contributed by atoms with Gasteiger partial charge in [0.05, 0.1) is 18.2 Å². The highest BCUT2D eigenvalue weighted by atomic mass is 16.5. The molecule has 0 radical (unpaired) electrons. The number of hydrogen-bond donors (Lipinski definition) is 1. The van der Waals surface area contributed by atoms with E-state index in [1.54, 1.807) is 24.3 Å². The number of esters is 1. The van der Waals surface area contributed by atoms with E-state index in [0.29, 0.717) is 17.2 Å². The Hall–Kier alpha value is -2.86. The lowest BCUT2D eigenvalue weighted by Gasteiger charge is -2.41. The lowest BCUT2D eigenvalue weighted by molar-refractivity contribution is 0.0600. The molecule has 1 heterocycles. The van der Waals surface area contributed by atoms with Crippen molar-refractivity contribution < 1.29 is 19.4 Å². The van der Waals surface area contributed by atoms with Gasteiger partial charge in [-0.3, -0.25) is 4.90 Å². The normalized spacial score (nSPS) is 17.6. The van der Waals surface area contributed by atoms with E-state index in [4.69, 9.17) is 9.84 Å². The highest BCUT2D eigenvalue weighted by molar-refractivity contribution is 5.89. The molecule has 3 rings (SSSR count).